The van der Waals surface area contributed by atoms with Crippen molar-refractivity contribution in [1.82, 2.24) is 0 Å². The highest BCUT2D eigenvalue weighted by molar-refractivity contribution is 5.96. The van der Waals surface area contributed by atoms with Crippen molar-refractivity contribution in [1.29, 1.82) is 0 Å². The number of esters is 1. The van der Waals surface area contributed by atoms with Crippen LogP contribution in [-0.4, -0.2) is 25.0 Å². The van der Waals surface area contributed by atoms with Gasteiger partial charge < -0.3 is 15.8 Å². The van der Waals surface area contributed by atoms with Crippen LogP contribution in [0, 0.1) is 6.92 Å². The number of anilines is 1. The van der Waals surface area contributed by atoms with Crippen LogP contribution in [0.4, 0.5) is 5.69 Å². The Balaban J connectivity index is 2.80. The summed E-state index contributed by atoms with van der Waals surface area (Å²) in [6.07, 6.45) is 1.50. The largest absolute Gasteiger partial charge is 0.465 e. The molecule has 0 aliphatic rings. The van der Waals surface area contributed by atoms with Gasteiger partial charge >= 0.3 is 5.97 Å². The number of ether oxygens (including phenoxy) is 1. The van der Waals surface area contributed by atoms with E-state index in [4.69, 9.17) is 5.73 Å². The molecular weight excluding hydrogens is 244 g/mol. The van der Waals surface area contributed by atoms with Crippen molar-refractivity contribution < 1.29 is 14.3 Å². The van der Waals surface area contributed by atoms with E-state index in [2.05, 4.69) is 10.1 Å². The Morgan fingerprint density at radius 3 is 2.63 bits per heavy atom. The van der Waals surface area contributed by atoms with Crippen molar-refractivity contribution >= 4 is 17.6 Å². The topological polar surface area (TPSA) is 81.4 Å². The zero-order chi connectivity index (χ0) is 14.4. The Kier molecular flexibility index (Phi) is 5.51. The Morgan fingerprint density at radius 1 is 1.42 bits per heavy atom. The van der Waals surface area contributed by atoms with E-state index in [0.29, 0.717) is 17.7 Å². The third kappa shape index (κ3) is 4.06. The van der Waals surface area contributed by atoms with E-state index in [1.807, 2.05) is 13.8 Å². The summed E-state index contributed by atoms with van der Waals surface area (Å²) in [5.74, 6) is -0.612. The van der Waals surface area contributed by atoms with E-state index in [-0.39, 0.29) is 5.91 Å². The highest BCUT2D eigenvalue weighted by atomic mass is 16.5. The van der Waals surface area contributed by atoms with Gasteiger partial charge in [0.05, 0.1) is 18.7 Å². The first-order valence-corrected chi connectivity index (χ1v) is 6.25. The molecule has 104 valence electrons. The fourth-order valence-electron chi connectivity index (χ4n) is 1.72. The third-order valence-corrected chi connectivity index (χ3v) is 2.84. The lowest BCUT2D eigenvalue weighted by Crippen LogP contribution is -2.35. The summed E-state index contributed by atoms with van der Waals surface area (Å²) in [4.78, 5) is 23.2. The molecule has 0 spiro atoms. The minimum atomic E-state index is -0.510. The van der Waals surface area contributed by atoms with Gasteiger partial charge in [-0.15, -0.1) is 0 Å². The Labute approximate surface area is 113 Å². The van der Waals surface area contributed by atoms with Gasteiger partial charge in [-0.3, -0.25) is 4.79 Å². The van der Waals surface area contributed by atoms with Crippen LogP contribution < -0.4 is 11.1 Å². The number of amides is 1. The van der Waals surface area contributed by atoms with Crippen molar-refractivity contribution in [3.63, 3.8) is 0 Å². The van der Waals surface area contributed by atoms with Crippen molar-refractivity contribution in [2.45, 2.75) is 32.7 Å². The second-order valence-electron chi connectivity index (χ2n) is 4.41. The molecule has 5 heteroatoms. The predicted molar refractivity (Wildman–Crippen MR) is 74.0 cm³/mol. The van der Waals surface area contributed by atoms with Crippen LogP contribution in [0.2, 0.25) is 0 Å². The number of hydrogen-bond acceptors (Lipinski definition) is 4. The molecule has 0 fully saturated rings. The zero-order valence-corrected chi connectivity index (χ0v) is 11.5. The average molecular weight is 264 g/mol. The van der Waals surface area contributed by atoms with Crippen LogP contribution in [0.3, 0.4) is 0 Å². The van der Waals surface area contributed by atoms with Crippen LogP contribution in [0.5, 0.6) is 0 Å². The van der Waals surface area contributed by atoms with Gasteiger partial charge in [-0.1, -0.05) is 13.3 Å². The van der Waals surface area contributed by atoms with Gasteiger partial charge in [-0.2, -0.15) is 0 Å². The molecule has 0 radical (unpaired) electrons. The maximum Gasteiger partial charge on any atom is 0.337 e. The molecule has 1 aromatic rings. The summed E-state index contributed by atoms with van der Waals surface area (Å²) < 4.78 is 4.64. The number of benzene rings is 1. The Morgan fingerprint density at radius 2 is 2.11 bits per heavy atom. The second-order valence-corrected chi connectivity index (χ2v) is 4.41. The van der Waals surface area contributed by atoms with E-state index in [0.717, 1.165) is 12.0 Å². The molecule has 1 aromatic carbocycles. The zero-order valence-electron chi connectivity index (χ0n) is 11.5. The third-order valence-electron chi connectivity index (χ3n) is 2.84. The van der Waals surface area contributed by atoms with E-state index >= 15 is 0 Å². The first kappa shape index (κ1) is 15.2. The van der Waals surface area contributed by atoms with Gasteiger partial charge in [0.25, 0.3) is 0 Å². The monoisotopic (exact) mass is 264 g/mol. The van der Waals surface area contributed by atoms with E-state index in [1.165, 1.54) is 7.11 Å². The Bertz CT molecular complexity index is 472. The van der Waals surface area contributed by atoms with Gasteiger partial charge in [0.1, 0.15) is 0 Å². The first-order chi connectivity index (χ1) is 8.99. The van der Waals surface area contributed by atoms with Crippen molar-refractivity contribution in [2.24, 2.45) is 5.73 Å². The molecule has 5 nitrogen and oxygen atoms in total. The average Bonchev–Trinajstić information content (AvgIpc) is 2.40. The van der Waals surface area contributed by atoms with Gasteiger partial charge in [-0.05, 0) is 37.1 Å². The minimum Gasteiger partial charge on any atom is -0.465 e. The first-order valence-electron chi connectivity index (χ1n) is 6.25. The molecule has 0 aliphatic carbocycles. The maximum absolute atomic E-state index is 11.8. The molecule has 1 amide bonds. The summed E-state index contributed by atoms with van der Waals surface area (Å²) in [6, 6.07) is 4.45. The standard InChI is InChI=1S/C14H20N2O3/c1-4-5-11(15)13(17)16-12-7-6-10(8-9(12)2)14(18)19-3/h6-8,11H,4-5,15H2,1-3H3,(H,16,17)/t11-/m1/s1. The predicted octanol–water partition coefficient (Wildman–Crippen LogP) is 1.85. The lowest BCUT2D eigenvalue weighted by molar-refractivity contribution is -0.117. The van der Waals surface area contributed by atoms with Crippen molar-refractivity contribution in [2.75, 3.05) is 12.4 Å². The SMILES string of the molecule is CCC[C@@H](N)C(=O)Nc1ccc(C(=O)OC)cc1C. The molecule has 1 rings (SSSR count). The summed E-state index contributed by atoms with van der Waals surface area (Å²) in [7, 11) is 1.33. The normalized spacial score (nSPS) is 11.8. The summed E-state index contributed by atoms with van der Waals surface area (Å²) in [5, 5.41) is 2.76. The molecule has 19 heavy (non-hydrogen) atoms. The summed E-state index contributed by atoms with van der Waals surface area (Å²) in [6.45, 7) is 3.79. The number of aryl methyl sites for hydroxylation is 1. The van der Waals surface area contributed by atoms with Gasteiger partial charge in [0, 0.05) is 5.69 Å². The van der Waals surface area contributed by atoms with Crippen LogP contribution in [-0.2, 0) is 9.53 Å². The number of hydrogen-bond donors (Lipinski definition) is 2. The molecule has 0 aliphatic heterocycles. The molecular formula is C14H20N2O3. The highest BCUT2D eigenvalue weighted by Crippen LogP contribution is 2.17. The number of nitrogens with two attached hydrogens (primary N) is 1. The van der Waals surface area contributed by atoms with Gasteiger partial charge in [-0.25, -0.2) is 4.79 Å². The van der Waals surface area contributed by atoms with Crippen LogP contribution in [0.25, 0.3) is 0 Å². The van der Waals surface area contributed by atoms with Crippen LogP contribution in [0.15, 0.2) is 18.2 Å². The molecule has 3 N–H and O–H groups in total. The molecule has 1 atom stereocenters. The molecule has 0 bridgehead atoms. The highest BCUT2D eigenvalue weighted by Gasteiger charge is 2.14. The number of methoxy groups -OCH3 is 1. The van der Waals surface area contributed by atoms with E-state index in [9.17, 15) is 9.59 Å². The van der Waals surface area contributed by atoms with E-state index < -0.39 is 12.0 Å². The number of carbonyl (C=O) groups excluding carboxylic acids is 2. The molecule has 0 saturated heterocycles. The lowest BCUT2D eigenvalue weighted by Gasteiger charge is -2.13. The molecule has 0 heterocycles. The summed E-state index contributed by atoms with van der Waals surface area (Å²) in [5.41, 5.74) is 7.64. The minimum absolute atomic E-state index is 0.212. The van der Waals surface area contributed by atoms with Crippen LogP contribution in [0.1, 0.15) is 35.7 Å². The molecule has 0 unspecified atom stereocenters. The maximum atomic E-state index is 11.8. The number of rotatable bonds is 5. The van der Waals surface area contributed by atoms with Crippen molar-refractivity contribution in [3.8, 4) is 0 Å². The fourth-order valence-corrected chi connectivity index (χ4v) is 1.72. The van der Waals surface area contributed by atoms with E-state index in [1.54, 1.807) is 18.2 Å². The van der Waals surface area contributed by atoms with Gasteiger partial charge in [0.15, 0.2) is 0 Å². The second kappa shape index (κ2) is 6.89. The molecule has 0 aromatic heterocycles. The fraction of sp³-hybridized carbons (Fsp3) is 0.429. The van der Waals surface area contributed by atoms with Crippen molar-refractivity contribution in [3.05, 3.63) is 29.3 Å². The quantitative estimate of drug-likeness (QED) is 0.795. The van der Waals surface area contributed by atoms with Crippen LogP contribution >= 0.6 is 0 Å². The smallest absolute Gasteiger partial charge is 0.337 e. The number of carbonyl (C=O) groups is 2. The Hall–Kier alpha value is -1.88. The lowest BCUT2D eigenvalue weighted by atomic mass is 10.1. The van der Waals surface area contributed by atoms with Gasteiger partial charge in [0.2, 0.25) is 5.91 Å². The number of nitrogens with one attached hydrogen (secondary N) is 1. The summed E-state index contributed by atoms with van der Waals surface area (Å²) >= 11 is 0. The molecule has 0 saturated carbocycles.